The van der Waals surface area contributed by atoms with Crippen LogP contribution in [0.2, 0.25) is 0 Å². The van der Waals surface area contributed by atoms with Gasteiger partial charge in [0.25, 0.3) is 0 Å². The molecule has 0 heterocycles. The van der Waals surface area contributed by atoms with Gasteiger partial charge in [-0.25, -0.2) is 8.42 Å². The van der Waals surface area contributed by atoms with Gasteiger partial charge in [-0.05, 0) is 40.8 Å². The summed E-state index contributed by atoms with van der Waals surface area (Å²) in [6.45, 7) is 3.57. The molecule has 0 aromatic heterocycles. The zero-order valence-electron chi connectivity index (χ0n) is 18.9. The molecule has 3 aromatic carbocycles. The first kappa shape index (κ1) is 25.0. The Labute approximate surface area is 199 Å². The third kappa shape index (κ3) is 6.01. The zero-order valence-corrected chi connectivity index (χ0v) is 19.7. The number of rotatable bonds is 10. The fraction of sp³-hybridized carbons (Fsp3) is 0.231. The van der Waals surface area contributed by atoms with Crippen LogP contribution in [0.3, 0.4) is 0 Å². The lowest BCUT2D eigenvalue weighted by atomic mass is 10.0. The molecule has 1 atom stereocenters. The van der Waals surface area contributed by atoms with Crippen LogP contribution in [-0.4, -0.2) is 25.5 Å². The van der Waals surface area contributed by atoms with E-state index in [9.17, 15) is 18.3 Å². The average molecular weight is 479 g/mol. The van der Waals surface area contributed by atoms with Crippen molar-refractivity contribution in [2.45, 2.75) is 37.8 Å². The van der Waals surface area contributed by atoms with Crippen molar-refractivity contribution >= 4 is 16.0 Å². The maximum Gasteiger partial charge on any atom is 0.322 e. The number of hydrogen-bond acceptors (Lipinski definition) is 5. The Bertz CT molecular complexity index is 1300. The van der Waals surface area contributed by atoms with Crippen molar-refractivity contribution in [2.75, 3.05) is 0 Å². The number of ether oxygens (including phenoxy) is 1. The second-order valence-electron chi connectivity index (χ2n) is 8.09. The van der Waals surface area contributed by atoms with E-state index in [1.807, 2.05) is 48.5 Å². The molecule has 0 bridgehead atoms. The summed E-state index contributed by atoms with van der Waals surface area (Å²) in [6, 6.07) is 22.1. The Morgan fingerprint density at radius 3 is 2.24 bits per heavy atom. The molecule has 7 nitrogen and oxygen atoms in total. The second kappa shape index (κ2) is 11.0. The molecular weight excluding hydrogens is 452 g/mol. The van der Waals surface area contributed by atoms with Crippen LogP contribution in [0.4, 0.5) is 0 Å². The molecule has 1 unspecified atom stereocenters. The summed E-state index contributed by atoms with van der Waals surface area (Å²) in [7, 11) is -4.00. The molecule has 34 heavy (non-hydrogen) atoms. The summed E-state index contributed by atoms with van der Waals surface area (Å²) in [5.41, 5.74) is 3.36. The average Bonchev–Trinajstić information content (AvgIpc) is 2.82. The van der Waals surface area contributed by atoms with Crippen molar-refractivity contribution in [3.8, 4) is 22.9 Å². The lowest BCUT2D eigenvalue weighted by Crippen LogP contribution is -2.44. The predicted octanol–water partition coefficient (Wildman–Crippen LogP) is 4.39. The van der Waals surface area contributed by atoms with Crippen molar-refractivity contribution in [1.82, 2.24) is 4.72 Å². The van der Waals surface area contributed by atoms with Gasteiger partial charge < -0.3 is 9.84 Å². The molecule has 8 heteroatoms. The van der Waals surface area contributed by atoms with Gasteiger partial charge in [0.2, 0.25) is 10.0 Å². The van der Waals surface area contributed by atoms with Crippen LogP contribution in [0, 0.1) is 17.2 Å². The number of hydrogen-bond donors (Lipinski definition) is 2. The number of nitriles is 1. The van der Waals surface area contributed by atoms with E-state index in [4.69, 9.17) is 10.00 Å². The van der Waals surface area contributed by atoms with E-state index in [0.29, 0.717) is 12.2 Å². The first-order valence-corrected chi connectivity index (χ1v) is 12.2. The highest BCUT2D eigenvalue weighted by molar-refractivity contribution is 7.89. The number of nitrogens with one attached hydrogen (secondary N) is 1. The minimum absolute atomic E-state index is 0.0213. The van der Waals surface area contributed by atoms with E-state index in [0.717, 1.165) is 22.3 Å². The first-order chi connectivity index (χ1) is 16.2. The largest absolute Gasteiger partial charge is 0.488 e. The van der Waals surface area contributed by atoms with Crippen molar-refractivity contribution < 1.29 is 23.1 Å². The van der Waals surface area contributed by atoms with Gasteiger partial charge in [0.15, 0.2) is 0 Å². The Morgan fingerprint density at radius 1 is 1.00 bits per heavy atom. The van der Waals surface area contributed by atoms with E-state index in [-0.39, 0.29) is 11.5 Å². The Hall–Kier alpha value is -3.67. The lowest BCUT2D eigenvalue weighted by molar-refractivity contribution is -0.140. The van der Waals surface area contributed by atoms with Gasteiger partial charge in [-0.2, -0.15) is 9.98 Å². The SMILES string of the molecule is CC(C)C(NS(=O)(=O)c1ccc(-c2ccccc2OCc2ccccc2CC#N)cc1)C(=O)O. The van der Waals surface area contributed by atoms with E-state index >= 15 is 0 Å². The van der Waals surface area contributed by atoms with Gasteiger partial charge in [0.1, 0.15) is 18.4 Å². The number of carbonyl (C=O) groups is 1. The number of carboxylic acid groups (broad SMARTS) is 1. The van der Waals surface area contributed by atoms with E-state index < -0.39 is 28.0 Å². The van der Waals surface area contributed by atoms with E-state index in [1.165, 1.54) is 12.1 Å². The summed E-state index contributed by atoms with van der Waals surface area (Å²) < 4.78 is 33.7. The van der Waals surface area contributed by atoms with Crippen LogP contribution in [0.1, 0.15) is 25.0 Å². The normalized spacial score (nSPS) is 12.2. The Balaban J connectivity index is 1.82. The molecule has 0 saturated carbocycles. The molecule has 0 aliphatic carbocycles. The molecule has 0 saturated heterocycles. The fourth-order valence-corrected chi connectivity index (χ4v) is 4.80. The molecule has 0 aliphatic rings. The van der Waals surface area contributed by atoms with Crippen LogP contribution in [0.15, 0.2) is 77.7 Å². The monoisotopic (exact) mass is 478 g/mol. The maximum absolute atomic E-state index is 12.7. The summed E-state index contributed by atoms with van der Waals surface area (Å²) in [5.74, 6) is -1.01. The molecule has 176 valence electrons. The van der Waals surface area contributed by atoms with E-state index in [2.05, 4.69) is 10.8 Å². The second-order valence-corrected chi connectivity index (χ2v) is 9.81. The Morgan fingerprint density at radius 2 is 1.62 bits per heavy atom. The number of para-hydroxylation sites is 1. The maximum atomic E-state index is 12.7. The molecule has 0 radical (unpaired) electrons. The van der Waals surface area contributed by atoms with Crippen LogP contribution < -0.4 is 9.46 Å². The van der Waals surface area contributed by atoms with Crippen LogP contribution in [0.5, 0.6) is 5.75 Å². The summed E-state index contributed by atoms with van der Waals surface area (Å²) in [5, 5.41) is 18.3. The van der Waals surface area contributed by atoms with E-state index in [1.54, 1.807) is 26.0 Å². The minimum atomic E-state index is -4.00. The third-order valence-corrected chi connectivity index (χ3v) is 6.81. The van der Waals surface area contributed by atoms with Crippen molar-refractivity contribution in [3.05, 3.63) is 83.9 Å². The van der Waals surface area contributed by atoms with Gasteiger partial charge in [0, 0.05) is 5.56 Å². The fourth-order valence-electron chi connectivity index (χ4n) is 3.46. The Kier molecular flexibility index (Phi) is 8.05. The zero-order chi connectivity index (χ0) is 24.7. The standard InChI is InChI=1S/C26H26N2O5S/c1-18(2)25(26(29)30)28-34(31,32)22-13-11-20(12-14-22)23-9-5-6-10-24(23)33-17-21-8-4-3-7-19(21)15-16-27/h3-14,18,25,28H,15,17H2,1-2H3,(H,29,30). The molecule has 0 fully saturated rings. The number of nitrogens with zero attached hydrogens (tertiary/aromatic N) is 1. The van der Waals surface area contributed by atoms with Crippen molar-refractivity contribution in [3.63, 3.8) is 0 Å². The van der Waals surface area contributed by atoms with Crippen LogP contribution in [0.25, 0.3) is 11.1 Å². The van der Waals surface area contributed by atoms with Gasteiger partial charge in [-0.3, -0.25) is 4.79 Å². The molecular formula is C26H26N2O5S. The smallest absolute Gasteiger partial charge is 0.322 e. The van der Waals surface area contributed by atoms with Crippen LogP contribution >= 0.6 is 0 Å². The van der Waals surface area contributed by atoms with Gasteiger partial charge in [0.05, 0.1) is 17.4 Å². The third-order valence-electron chi connectivity index (χ3n) is 5.35. The molecule has 0 aliphatic heterocycles. The topological polar surface area (TPSA) is 116 Å². The summed E-state index contributed by atoms with van der Waals surface area (Å²) in [4.78, 5) is 11.4. The highest BCUT2D eigenvalue weighted by Crippen LogP contribution is 2.31. The molecule has 0 amide bonds. The van der Waals surface area contributed by atoms with Crippen LogP contribution in [-0.2, 0) is 27.8 Å². The number of sulfonamides is 1. The summed E-state index contributed by atoms with van der Waals surface area (Å²) >= 11 is 0. The molecule has 3 rings (SSSR count). The number of aliphatic carboxylic acids is 1. The lowest BCUT2D eigenvalue weighted by Gasteiger charge is -2.18. The molecule has 2 N–H and O–H groups in total. The highest BCUT2D eigenvalue weighted by atomic mass is 32.2. The van der Waals surface area contributed by atoms with Crippen molar-refractivity contribution in [1.29, 1.82) is 5.26 Å². The minimum Gasteiger partial charge on any atom is -0.488 e. The highest BCUT2D eigenvalue weighted by Gasteiger charge is 2.28. The first-order valence-electron chi connectivity index (χ1n) is 10.7. The predicted molar refractivity (Wildman–Crippen MR) is 129 cm³/mol. The van der Waals surface area contributed by atoms with Gasteiger partial charge in [-0.15, -0.1) is 0 Å². The van der Waals surface area contributed by atoms with Crippen molar-refractivity contribution in [2.24, 2.45) is 5.92 Å². The number of benzene rings is 3. The van der Waals surface area contributed by atoms with Gasteiger partial charge >= 0.3 is 5.97 Å². The number of carboxylic acids is 1. The molecule has 0 spiro atoms. The quantitative estimate of drug-likeness (QED) is 0.446. The summed E-state index contributed by atoms with van der Waals surface area (Å²) in [6.07, 6.45) is 0.296. The van der Waals surface area contributed by atoms with Gasteiger partial charge in [-0.1, -0.05) is 68.4 Å². The molecule has 3 aromatic rings.